The average Bonchev–Trinajstić information content (AvgIpc) is 2.33. The van der Waals surface area contributed by atoms with E-state index in [0.29, 0.717) is 0 Å². The van der Waals surface area contributed by atoms with Crippen molar-refractivity contribution in [3.63, 3.8) is 0 Å². The Balaban J connectivity index is 4.28. The molecule has 0 heteroatoms. The minimum Gasteiger partial charge on any atom is -0.0654 e. The van der Waals surface area contributed by atoms with E-state index in [9.17, 15) is 0 Å². The minimum atomic E-state index is 0.937. The molecule has 17 heavy (non-hydrogen) atoms. The zero-order valence-electron chi connectivity index (χ0n) is 13.1. The number of rotatable bonds is 11. The van der Waals surface area contributed by atoms with Crippen LogP contribution in [0, 0.1) is 17.8 Å². The second-order valence-electron chi connectivity index (χ2n) is 5.88. The molecule has 0 aromatic rings. The molecule has 0 radical (unpaired) electrons. The third kappa shape index (κ3) is 7.11. The van der Waals surface area contributed by atoms with Crippen LogP contribution in [0.2, 0.25) is 0 Å². The van der Waals surface area contributed by atoms with Gasteiger partial charge in [-0.05, 0) is 17.8 Å². The maximum atomic E-state index is 2.49. The third-order valence-corrected chi connectivity index (χ3v) is 4.41. The average molecular weight is 240 g/mol. The van der Waals surface area contributed by atoms with E-state index in [2.05, 4.69) is 34.6 Å². The van der Waals surface area contributed by atoms with Crippen LogP contribution in [0.25, 0.3) is 0 Å². The summed E-state index contributed by atoms with van der Waals surface area (Å²) in [7, 11) is 0. The van der Waals surface area contributed by atoms with E-state index in [0.717, 1.165) is 17.8 Å². The Morgan fingerprint density at radius 2 is 1.35 bits per heavy atom. The lowest BCUT2D eigenvalue weighted by atomic mass is 9.74. The highest BCUT2D eigenvalue weighted by atomic mass is 14.3. The van der Waals surface area contributed by atoms with Crippen LogP contribution in [-0.2, 0) is 0 Å². The van der Waals surface area contributed by atoms with E-state index in [1.165, 1.54) is 57.8 Å². The smallest absolute Gasteiger partial charge is 0.0360 e. The van der Waals surface area contributed by atoms with Crippen molar-refractivity contribution in [3.8, 4) is 0 Å². The van der Waals surface area contributed by atoms with Crippen molar-refractivity contribution >= 4 is 0 Å². The van der Waals surface area contributed by atoms with Crippen LogP contribution in [0.4, 0.5) is 0 Å². The van der Waals surface area contributed by atoms with E-state index < -0.39 is 0 Å². The predicted molar refractivity (Wildman–Crippen MR) is 80.4 cm³/mol. The molecule has 0 rings (SSSR count). The van der Waals surface area contributed by atoms with Crippen molar-refractivity contribution in [1.29, 1.82) is 0 Å². The molecule has 0 aliphatic carbocycles. The lowest BCUT2D eigenvalue weighted by molar-refractivity contribution is 0.192. The Bertz CT molecular complexity index is 150. The van der Waals surface area contributed by atoms with Gasteiger partial charge in [0.25, 0.3) is 0 Å². The molecule has 0 amide bonds. The summed E-state index contributed by atoms with van der Waals surface area (Å²) in [5, 5.41) is 0. The van der Waals surface area contributed by atoms with Crippen molar-refractivity contribution in [2.75, 3.05) is 0 Å². The van der Waals surface area contributed by atoms with Gasteiger partial charge < -0.3 is 0 Å². The molecule has 0 aliphatic rings. The molecule has 0 N–H and O–H groups in total. The van der Waals surface area contributed by atoms with Crippen molar-refractivity contribution in [1.82, 2.24) is 0 Å². The van der Waals surface area contributed by atoms with Gasteiger partial charge in [0, 0.05) is 0 Å². The summed E-state index contributed by atoms with van der Waals surface area (Å²) < 4.78 is 0. The largest absolute Gasteiger partial charge is 0.0654 e. The molecule has 0 aliphatic heterocycles. The van der Waals surface area contributed by atoms with Crippen molar-refractivity contribution in [3.05, 3.63) is 0 Å². The first-order chi connectivity index (χ1) is 8.21. The molecule has 104 valence electrons. The highest BCUT2D eigenvalue weighted by Crippen LogP contribution is 2.34. The van der Waals surface area contributed by atoms with Crippen LogP contribution < -0.4 is 0 Å². The molecule has 0 saturated heterocycles. The Kier molecular flexibility index (Phi) is 11.1. The maximum Gasteiger partial charge on any atom is -0.0360 e. The Hall–Kier alpha value is 0. The summed E-state index contributed by atoms with van der Waals surface area (Å²) in [6.07, 6.45) is 12.7. The zero-order valence-corrected chi connectivity index (χ0v) is 13.1. The van der Waals surface area contributed by atoms with Crippen LogP contribution in [0.3, 0.4) is 0 Å². The normalized spacial score (nSPS) is 16.8. The van der Waals surface area contributed by atoms with Gasteiger partial charge in [-0.25, -0.2) is 0 Å². The first-order valence-electron chi connectivity index (χ1n) is 8.21. The predicted octanol–water partition coefficient (Wildman–Crippen LogP) is 6.45. The van der Waals surface area contributed by atoms with Crippen molar-refractivity contribution < 1.29 is 0 Å². The van der Waals surface area contributed by atoms with E-state index in [-0.39, 0.29) is 0 Å². The van der Waals surface area contributed by atoms with Gasteiger partial charge in [0.15, 0.2) is 0 Å². The number of hydrogen-bond donors (Lipinski definition) is 0. The van der Waals surface area contributed by atoms with Crippen LogP contribution in [-0.4, -0.2) is 0 Å². The van der Waals surface area contributed by atoms with Crippen LogP contribution in [0.15, 0.2) is 0 Å². The molecule has 0 heterocycles. The summed E-state index contributed by atoms with van der Waals surface area (Å²) in [6.45, 7) is 11.9. The molecule has 0 nitrogen and oxygen atoms in total. The SMILES string of the molecule is CCCCCC(CC)C(CCC)C(C)CCC. The third-order valence-electron chi connectivity index (χ3n) is 4.41. The molecule has 0 bridgehead atoms. The molecule has 3 atom stereocenters. The van der Waals surface area contributed by atoms with Crippen molar-refractivity contribution in [2.45, 2.75) is 92.4 Å². The van der Waals surface area contributed by atoms with E-state index in [1.54, 1.807) is 0 Å². The van der Waals surface area contributed by atoms with Gasteiger partial charge in [-0.3, -0.25) is 0 Å². The van der Waals surface area contributed by atoms with Gasteiger partial charge in [-0.1, -0.05) is 92.4 Å². The molecule has 0 spiro atoms. The summed E-state index contributed by atoms with van der Waals surface area (Å²) in [5.74, 6) is 2.91. The van der Waals surface area contributed by atoms with Crippen LogP contribution in [0.5, 0.6) is 0 Å². The van der Waals surface area contributed by atoms with Gasteiger partial charge in [0.05, 0.1) is 0 Å². The quantitative estimate of drug-likeness (QED) is 0.364. The van der Waals surface area contributed by atoms with E-state index >= 15 is 0 Å². The minimum absolute atomic E-state index is 0.937. The molecule has 3 unspecified atom stereocenters. The Labute approximate surface area is 111 Å². The lowest BCUT2D eigenvalue weighted by Crippen LogP contribution is -2.21. The fourth-order valence-electron chi connectivity index (χ4n) is 3.37. The fourth-order valence-corrected chi connectivity index (χ4v) is 3.37. The number of hydrogen-bond acceptors (Lipinski definition) is 0. The van der Waals surface area contributed by atoms with Gasteiger partial charge in [0.1, 0.15) is 0 Å². The molecular weight excluding hydrogens is 204 g/mol. The second-order valence-corrected chi connectivity index (χ2v) is 5.88. The number of unbranched alkanes of at least 4 members (excludes halogenated alkanes) is 2. The van der Waals surface area contributed by atoms with Crippen molar-refractivity contribution in [2.24, 2.45) is 17.8 Å². The first-order valence-corrected chi connectivity index (χ1v) is 8.21. The zero-order chi connectivity index (χ0) is 13.1. The molecule has 0 fully saturated rings. The van der Waals surface area contributed by atoms with Crippen LogP contribution >= 0.6 is 0 Å². The molecule has 0 aromatic carbocycles. The topological polar surface area (TPSA) is 0 Å². The monoisotopic (exact) mass is 240 g/mol. The fraction of sp³-hybridized carbons (Fsp3) is 1.00. The lowest BCUT2D eigenvalue weighted by Gasteiger charge is -2.31. The highest BCUT2D eigenvalue weighted by Gasteiger charge is 2.23. The van der Waals surface area contributed by atoms with Crippen LogP contribution in [0.1, 0.15) is 92.4 Å². The summed E-state index contributed by atoms with van der Waals surface area (Å²) in [6, 6.07) is 0. The maximum absolute atomic E-state index is 2.49. The van der Waals surface area contributed by atoms with Gasteiger partial charge in [-0.15, -0.1) is 0 Å². The van der Waals surface area contributed by atoms with E-state index in [4.69, 9.17) is 0 Å². The van der Waals surface area contributed by atoms with Gasteiger partial charge in [0.2, 0.25) is 0 Å². The molecule has 0 aromatic heterocycles. The highest BCUT2D eigenvalue weighted by molar-refractivity contribution is 4.74. The second kappa shape index (κ2) is 11.1. The van der Waals surface area contributed by atoms with Gasteiger partial charge >= 0.3 is 0 Å². The van der Waals surface area contributed by atoms with Gasteiger partial charge in [-0.2, -0.15) is 0 Å². The Morgan fingerprint density at radius 3 is 1.82 bits per heavy atom. The summed E-state index contributed by atoms with van der Waals surface area (Å²) in [5.41, 5.74) is 0. The first kappa shape index (κ1) is 17.0. The molecular formula is C17H36. The standard InChI is InChI=1S/C17H36/c1-6-10-11-14-16(9-4)17(13-8-3)15(5)12-7-2/h15-17H,6-14H2,1-5H3. The van der Waals surface area contributed by atoms with E-state index in [1.807, 2.05) is 0 Å². The summed E-state index contributed by atoms with van der Waals surface area (Å²) in [4.78, 5) is 0. The molecule has 0 saturated carbocycles. The summed E-state index contributed by atoms with van der Waals surface area (Å²) >= 11 is 0. The Morgan fingerprint density at radius 1 is 0.706 bits per heavy atom.